The van der Waals surface area contributed by atoms with Crippen molar-refractivity contribution in [1.29, 1.82) is 0 Å². The van der Waals surface area contributed by atoms with Gasteiger partial charge in [-0.05, 0) is 31.2 Å². The molecule has 0 bridgehead atoms. The summed E-state index contributed by atoms with van der Waals surface area (Å²) in [6.45, 7) is 1.57. The monoisotopic (exact) mass is 392 g/mol. The van der Waals surface area contributed by atoms with Crippen molar-refractivity contribution in [1.82, 2.24) is 9.29 Å². The molecule has 8 heteroatoms. The Kier molecular flexibility index (Phi) is 5.12. The second-order valence-electron chi connectivity index (χ2n) is 6.19. The van der Waals surface area contributed by atoms with E-state index in [0.29, 0.717) is 5.39 Å². The highest BCUT2D eigenvalue weighted by molar-refractivity contribution is 7.88. The van der Waals surface area contributed by atoms with E-state index in [9.17, 15) is 17.2 Å². The molecule has 1 unspecified atom stereocenters. The first kappa shape index (κ1) is 19.2. The molecule has 142 valence electrons. The first-order chi connectivity index (χ1) is 12.7. The van der Waals surface area contributed by atoms with Crippen molar-refractivity contribution in [2.24, 2.45) is 0 Å². The van der Waals surface area contributed by atoms with Crippen LogP contribution in [-0.2, 0) is 10.0 Å². The van der Waals surface area contributed by atoms with Crippen molar-refractivity contribution in [2.45, 2.75) is 13.0 Å². The minimum atomic E-state index is -3.53. The molecule has 0 N–H and O–H groups in total. The zero-order chi connectivity index (χ0) is 19.8. The van der Waals surface area contributed by atoms with E-state index >= 15 is 0 Å². The van der Waals surface area contributed by atoms with Gasteiger partial charge in [-0.15, -0.1) is 0 Å². The van der Waals surface area contributed by atoms with Crippen LogP contribution in [0.25, 0.3) is 10.9 Å². The third kappa shape index (κ3) is 3.91. The standard InChI is InChI=1S/C19H18F2N2O3S/c1-12(23(2)27(3,24)25)18-15(20)7-5-9-17(18)26-14-10-13-6-4-8-16(21)19(13)22-11-14/h4-12H,1-3H3. The molecular formula is C19H18F2N2O3S. The van der Waals surface area contributed by atoms with Crippen LogP contribution in [0.3, 0.4) is 0 Å². The predicted molar refractivity (Wildman–Crippen MR) is 99.2 cm³/mol. The summed E-state index contributed by atoms with van der Waals surface area (Å²) >= 11 is 0. The van der Waals surface area contributed by atoms with Gasteiger partial charge < -0.3 is 4.74 Å². The van der Waals surface area contributed by atoms with E-state index in [1.807, 2.05) is 0 Å². The maximum Gasteiger partial charge on any atom is 0.211 e. The van der Waals surface area contributed by atoms with Gasteiger partial charge in [0, 0.05) is 18.0 Å². The summed E-state index contributed by atoms with van der Waals surface area (Å²) in [6.07, 6.45) is 2.39. The Labute approximate surface area is 156 Å². The van der Waals surface area contributed by atoms with E-state index in [2.05, 4.69) is 4.98 Å². The van der Waals surface area contributed by atoms with E-state index in [4.69, 9.17) is 4.74 Å². The molecule has 0 spiro atoms. The number of halogens is 2. The summed E-state index contributed by atoms with van der Waals surface area (Å²) < 4.78 is 58.7. The number of fused-ring (bicyclic) bond motifs is 1. The largest absolute Gasteiger partial charge is 0.455 e. The van der Waals surface area contributed by atoms with Gasteiger partial charge in [0.15, 0.2) is 0 Å². The minimum absolute atomic E-state index is 0.102. The minimum Gasteiger partial charge on any atom is -0.455 e. The summed E-state index contributed by atoms with van der Waals surface area (Å²) in [6, 6.07) is 9.60. The second kappa shape index (κ2) is 7.21. The lowest BCUT2D eigenvalue weighted by atomic mass is 10.1. The third-order valence-corrected chi connectivity index (χ3v) is 5.73. The molecule has 27 heavy (non-hydrogen) atoms. The van der Waals surface area contributed by atoms with Crippen LogP contribution in [0.15, 0.2) is 48.7 Å². The smallest absolute Gasteiger partial charge is 0.211 e. The number of sulfonamides is 1. The average Bonchev–Trinajstić information content (AvgIpc) is 2.60. The zero-order valence-electron chi connectivity index (χ0n) is 15.0. The molecule has 0 amide bonds. The molecule has 0 aliphatic heterocycles. The Morgan fingerprint density at radius 1 is 1.11 bits per heavy atom. The molecule has 5 nitrogen and oxygen atoms in total. The van der Waals surface area contributed by atoms with Crippen molar-refractivity contribution in [3.8, 4) is 11.5 Å². The Morgan fingerprint density at radius 2 is 1.78 bits per heavy atom. The number of pyridine rings is 1. The van der Waals surface area contributed by atoms with E-state index in [-0.39, 0.29) is 22.6 Å². The Bertz CT molecular complexity index is 1100. The molecule has 1 heterocycles. The number of hydrogen-bond acceptors (Lipinski definition) is 4. The van der Waals surface area contributed by atoms with Crippen LogP contribution in [0.5, 0.6) is 11.5 Å². The number of nitrogens with zero attached hydrogens (tertiary/aromatic N) is 2. The molecule has 0 saturated heterocycles. The first-order valence-corrected chi connectivity index (χ1v) is 9.97. The molecule has 0 fully saturated rings. The maximum absolute atomic E-state index is 14.5. The molecule has 1 aromatic heterocycles. The van der Waals surface area contributed by atoms with Crippen LogP contribution in [-0.4, -0.2) is 31.0 Å². The molecule has 0 aliphatic carbocycles. The molecule has 3 aromatic rings. The van der Waals surface area contributed by atoms with Gasteiger partial charge >= 0.3 is 0 Å². The highest BCUT2D eigenvalue weighted by atomic mass is 32.2. The zero-order valence-corrected chi connectivity index (χ0v) is 15.8. The lowest BCUT2D eigenvalue weighted by Gasteiger charge is -2.25. The number of hydrogen-bond donors (Lipinski definition) is 0. The number of benzene rings is 2. The van der Waals surface area contributed by atoms with E-state index < -0.39 is 27.7 Å². The maximum atomic E-state index is 14.5. The van der Waals surface area contributed by atoms with Crippen LogP contribution in [0.1, 0.15) is 18.5 Å². The van der Waals surface area contributed by atoms with Gasteiger partial charge in [-0.1, -0.05) is 18.2 Å². The van der Waals surface area contributed by atoms with E-state index in [0.717, 1.165) is 10.6 Å². The summed E-state index contributed by atoms with van der Waals surface area (Å²) in [7, 11) is -2.16. The van der Waals surface area contributed by atoms with Crippen molar-refractivity contribution in [3.05, 3.63) is 65.9 Å². The molecule has 0 saturated carbocycles. The van der Waals surface area contributed by atoms with Crippen molar-refractivity contribution < 1.29 is 21.9 Å². The Hall–Kier alpha value is -2.58. The Balaban J connectivity index is 2.02. The van der Waals surface area contributed by atoms with Gasteiger partial charge in [0.25, 0.3) is 0 Å². The highest BCUT2D eigenvalue weighted by Crippen LogP contribution is 2.35. The van der Waals surface area contributed by atoms with Gasteiger partial charge in [-0.3, -0.25) is 0 Å². The number of para-hydroxylation sites is 1. The number of aromatic nitrogens is 1. The lowest BCUT2D eigenvalue weighted by Crippen LogP contribution is -2.29. The van der Waals surface area contributed by atoms with Crippen molar-refractivity contribution in [2.75, 3.05) is 13.3 Å². The molecule has 2 aromatic carbocycles. The van der Waals surface area contributed by atoms with Crippen LogP contribution < -0.4 is 4.74 Å². The van der Waals surface area contributed by atoms with Crippen LogP contribution in [0.4, 0.5) is 8.78 Å². The average molecular weight is 392 g/mol. The van der Waals surface area contributed by atoms with Crippen LogP contribution in [0.2, 0.25) is 0 Å². The normalized spacial score (nSPS) is 13.1. The van der Waals surface area contributed by atoms with Crippen LogP contribution >= 0.6 is 0 Å². The fraction of sp³-hybridized carbons (Fsp3) is 0.211. The molecule has 3 rings (SSSR count). The predicted octanol–water partition coefficient (Wildman–Crippen LogP) is 4.26. The summed E-state index contributed by atoms with van der Waals surface area (Å²) in [5.74, 6) is -0.589. The molecule has 1 atom stereocenters. The summed E-state index contributed by atoms with van der Waals surface area (Å²) in [4.78, 5) is 4.05. The lowest BCUT2D eigenvalue weighted by molar-refractivity contribution is 0.373. The Morgan fingerprint density at radius 3 is 2.48 bits per heavy atom. The molecule has 0 radical (unpaired) electrons. The number of ether oxygens (including phenoxy) is 1. The van der Waals surface area contributed by atoms with Crippen molar-refractivity contribution >= 4 is 20.9 Å². The van der Waals surface area contributed by atoms with Crippen molar-refractivity contribution in [3.63, 3.8) is 0 Å². The van der Waals surface area contributed by atoms with Gasteiger partial charge in [0.1, 0.15) is 28.7 Å². The molecular weight excluding hydrogens is 374 g/mol. The SMILES string of the molecule is CC(c1c(F)cccc1Oc1cnc2c(F)cccc2c1)N(C)S(C)(=O)=O. The van der Waals surface area contributed by atoms with Crippen LogP contribution in [0, 0.1) is 11.6 Å². The summed E-state index contributed by atoms with van der Waals surface area (Å²) in [5, 5.41) is 0.534. The van der Waals surface area contributed by atoms with Gasteiger partial charge in [-0.2, -0.15) is 4.31 Å². The third-order valence-electron chi connectivity index (χ3n) is 4.36. The van der Waals surface area contributed by atoms with Gasteiger partial charge in [-0.25, -0.2) is 22.2 Å². The first-order valence-electron chi connectivity index (χ1n) is 8.12. The topological polar surface area (TPSA) is 59.5 Å². The van der Waals surface area contributed by atoms with E-state index in [1.54, 1.807) is 31.2 Å². The van der Waals surface area contributed by atoms with E-state index in [1.165, 1.54) is 31.4 Å². The number of rotatable bonds is 5. The quantitative estimate of drug-likeness (QED) is 0.651. The van der Waals surface area contributed by atoms with Gasteiger partial charge in [0.05, 0.1) is 18.5 Å². The van der Waals surface area contributed by atoms with Gasteiger partial charge in [0.2, 0.25) is 10.0 Å². The highest BCUT2D eigenvalue weighted by Gasteiger charge is 2.26. The second-order valence-corrected chi connectivity index (χ2v) is 8.23. The fourth-order valence-corrected chi connectivity index (χ4v) is 3.45. The molecule has 0 aliphatic rings. The summed E-state index contributed by atoms with van der Waals surface area (Å²) in [5.41, 5.74) is 0.305. The fourth-order valence-electron chi connectivity index (χ4n) is 2.77.